The second-order valence-corrected chi connectivity index (χ2v) is 6.96. The Hall–Kier alpha value is -2.94. The van der Waals surface area contributed by atoms with Crippen molar-refractivity contribution in [3.63, 3.8) is 0 Å². The maximum atomic E-state index is 12.6. The highest BCUT2D eigenvalue weighted by atomic mass is 16.5. The Labute approximate surface area is 150 Å². The molecule has 1 unspecified atom stereocenters. The molecule has 0 N–H and O–H groups in total. The number of benzene rings is 4. The molecule has 3 heteroatoms. The molecule has 0 amide bonds. The number of Topliss-reactive ketones (excluding diaryl/α,β-unsaturated/α-hetero) is 1. The summed E-state index contributed by atoms with van der Waals surface area (Å²) in [5.74, 6) is -0.477. The zero-order chi connectivity index (χ0) is 17.8. The van der Waals surface area contributed by atoms with Gasteiger partial charge in [0.2, 0.25) is 0 Å². The van der Waals surface area contributed by atoms with Crippen molar-refractivity contribution in [2.75, 3.05) is 6.61 Å². The van der Waals surface area contributed by atoms with E-state index >= 15 is 0 Å². The van der Waals surface area contributed by atoms with Crippen molar-refractivity contribution >= 4 is 44.1 Å². The Bertz CT molecular complexity index is 1170. The van der Waals surface area contributed by atoms with Gasteiger partial charge < -0.3 is 4.74 Å². The molecule has 0 aromatic heterocycles. The maximum absolute atomic E-state index is 12.6. The fourth-order valence-corrected chi connectivity index (χ4v) is 4.47. The van der Waals surface area contributed by atoms with Crippen molar-refractivity contribution in [3.05, 3.63) is 59.7 Å². The Morgan fingerprint density at radius 3 is 2.54 bits per heavy atom. The van der Waals surface area contributed by atoms with Gasteiger partial charge in [0.05, 0.1) is 12.5 Å². The van der Waals surface area contributed by atoms with E-state index in [2.05, 4.69) is 42.5 Å². The molecule has 0 spiro atoms. The Morgan fingerprint density at radius 1 is 1.04 bits per heavy atom. The van der Waals surface area contributed by atoms with Gasteiger partial charge in [0.25, 0.3) is 0 Å². The molecule has 4 aromatic rings. The standard InChI is InChI=1S/C23H18O3/c1-2-26-23(25)17-10-11-19(24)18-12-15-7-6-13-4-3-5-14-8-9-16(22(17)18)21(15)20(13)14/h3-9,12,17H,2,10-11H2,1H3. The summed E-state index contributed by atoms with van der Waals surface area (Å²) < 4.78 is 5.31. The minimum Gasteiger partial charge on any atom is -0.466 e. The summed E-state index contributed by atoms with van der Waals surface area (Å²) in [6.45, 7) is 2.17. The fraction of sp³-hybridized carbons (Fsp3) is 0.217. The van der Waals surface area contributed by atoms with E-state index in [1.807, 2.05) is 13.0 Å². The Morgan fingerprint density at radius 2 is 1.77 bits per heavy atom. The first-order valence-corrected chi connectivity index (χ1v) is 9.09. The maximum Gasteiger partial charge on any atom is 0.313 e. The van der Waals surface area contributed by atoms with Crippen LogP contribution in [0.1, 0.15) is 41.6 Å². The molecule has 0 fully saturated rings. The molecular weight excluding hydrogens is 324 g/mol. The molecule has 0 radical (unpaired) electrons. The molecule has 0 saturated carbocycles. The normalized spacial score (nSPS) is 17.1. The number of carbonyl (C=O) groups excluding carboxylic acids is 2. The monoisotopic (exact) mass is 342 g/mol. The first-order chi connectivity index (χ1) is 12.7. The number of ketones is 1. The highest BCUT2D eigenvalue weighted by Crippen LogP contribution is 2.43. The molecular formula is C23H18O3. The average Bonchev–Trinajstić information content (AvgIpc) is 2.66. The molecule has 0 bridgehead atoms. The highest BCUT2D eigenvalue weighted by Gasteiger charge is 2.34. The third-order valence-electron chi connectivity index (χ3n) is 5.57. The van der Waals surface area contributed by atoms with Gasteiger partial charge in [0, 0.05) is 12.0 Å². The van der Waals surface area contributed by atoms with E-state index in [0.717, 1.165) is 21.7 Å². The molecule has 5 rings (SSSR count). The van der Waals surface area contributed by atoms with Crippen LogP contribution in [0.4, 0.5) is 0 Å². The van der Waals surface area contributed by atoms with Crippen LogP contribution in [0.15, 0.2) is 48.5 Å². The molecule has 128 valence electrons. The minimum absolute atomic E-state index is 0.117. The summed E-state index contributed by atoms with van der Waals surface area (Å²) >= 11 is 0. The fourth-order valence-electron chi connectivity index (χ4n) is 4.47. The zero-order valence-electron chi connectivity index (χ0n) is 14.5. The van der Waals surface area contributed by atoms with E-state index < -0.39 is 0 Å². The Kier molecular flexibility index (Phi) is 3.26. The first-order valence-electron chi connectivity index (χ1n) is 9.09. The van der Waals surface area contributed by atoms with Crippen molar-refractivity contribution in [1.29, 1.82) is 0 Å². The van der Waals surface area contributed by atoms with Crippen LogP contribution in [0.2, 0.25) is 0 Å². The van der Waals surface area contributed by atoms with Gasteiger partial charge in [-0.15, -0.1) is 0 Å². The van der Waals surface area contributed by atoms with Crippen molar-refractivity contribution in [1.82, 2.24) is 0 Å². The highest BCUT2D eigenvalue weighted by molar-refractivity contribution is 6.25. The predicted molar refractivity (Wildman–Crippen MR) is 103 cm³/mol. The topological polar surface area (TPSA) is 43.4 Å². The molecule has 26 heavy (non-hydrogen) atoms. The molecule has 0 heterocycles. The van der Waals surface area contributed by atoms with Crippen LogP contribution in [-0.4, -0.2) is 18.4 Å². The predicted octanol–water partition coefficient (Wildman–Crippen LogP) is 5.21. The number of rotatable bonds is 2. The molecule has 1 aliphatic rings. The van der Waals surface area contributed by atoms with Crippen molar-refractivity contribution in [3.8, 4) is 0 Å². The number of fused-ring (bicyclic) bond motifs is 2. The number of hydrogen-bond donors (Lipinski definition) is 0. The Balaban J connectivity index is 1.92. The lowest BCUT2D eigenvalue weighted by Crippen LogP contribution is -2.24. The van der Waals surface area contributed by atoms with Gasteiger partial charge in [0.1, 0.15) is 0 Å². The number of carbonyl (C=O) groups is 2. The third-order valence-corrected chi connectivity index (χ3v) is 5.57. The summed E-state index contributed by atoms with van der Waals surface area (Å²) in [5.41, 5.74) is 1.53. The molecule has 3 nitrogen and oxygen atoms in total. The van der Waals surface area contributed by atoms with Crippen LogP contribution in [0.25, 0.3) is 32.3 Å². The lowest BCUT2D eigenvalue weighted by molar-refractivity contribution is -0.145. The van der Waals surface area contributed by atoms with E-state index in [1.54, 1.807) is 0 Å². The quantitative estimate of drug-likeness (QED) is 0.371. The van der Waals surface area contributed by atoms with E-state index in [9.17, 15) is 9.59 Å². The SMILES string of the molecule is CCOC(=O)C1CCC(=O)c2cc3ccc4cccc5ccc(c21)c3c45. The van der Waals surface area contributed by atoms with Crippen LogP contribution in [0, 0.1) is 0 Å². The third kappa shape index (κ3) is 2.00. The van der Waals surface area contributed by atoms with Crippen LogP contribution in [0.3, 0.4) is 0 Å². The van der Waals surface area contributed by atoms with Gasteiger partial charge in [-0.1, -0.05) is 42.5 Å². The number of hydrogen-bond acceptors (Lipinski definition) is 3. The number of esters is 1. The molecule has 4 aromatic carbocycles. The van der Waals surface area contributed by atoms with Crippen LogP contribution in [-0.2, 0) is 9.53 Å². The van der Waals surface area contributed by atoms with E-state index in [4.69, 9.17) is 4.74 Å². The van der Waals surface area contributed by atoms with Gasteiger partial charge >= 0.3 is 5.97 Å². The summed E-state index contributed by atoms with van der Waals surface area (Å²) in [6, 6.07) is 16.6. The van der Waals surface area contributed by atoms with E-state index in [1.165, 1.54) is 16.2 Å². The van der Waals surface area contributed by atoms with Crippen LogP contribution >= 0.6 is 0 Å². The van der Waals surface area contributed by atoms with Crippen molar-refractivity contribution < 1.29 is 14.3 Å². The molecule has 0 aliphatic heterocycles. The summed E-state index contributed by atoms with van der Waals surface area (Å²) in [6.07, 6.45) is 0.915. The van der Waals surface area contributed by atoms with Crippen LogP contribution < -0.4 is 0 Å². The smallest absolute Gasteiger partial charge is 0.313 e. The zero-order valence-corrected chi connectivity index (χ0v) is 14.5. The minimum atomic E-state index is -0.368. The lowest BCUT2D eigenvalue weighted by Gasteiger charge is -2.26. The second-order valence-electron chi connectivity index (χ2n) is 6.96. The van der Waals surface area contributed by atoms with Crippen molar-refractivity contribution in [2.45, 2.75) is 25.7 Å². The van der Waals surface area contributed by atoms with Gasteiger partial charge in [-0.2, -0.15) is 0 Å². The van der Waals surface area contributed by atoms with Gasteiger partial charge in [-0.05, 0) is 57.3 Å². The summed E-state index contributed by atoms with van der Waals surface area (Å²) in [5, 5.41) is 6.76. The molecule has 1 atom stereocenters. The van der Waals surface area contributed by atoms with Gasteiger partial charge in [-0.3, -0.25) is 9.59 Å². The van der Waals surface area contributed by atoms with Gasteiger partial charge in [0.15, 0.2) is 5.78 Å². The second kappa shape index (κ2) is 5.53. The van der Waals surface area contributed by atoms with Gasteiger partial charge in [-0.25, -0.2) is 0 Å². The first kappa shape index (κ1) is 15.3. The van der Waals surface area contributed by atoms with Crippen molar-refractivity contribution in [2.24, 2.45) is 0 Å². The number of ether oxygens (including phenoxy) is 1. The molecule has 1 aliphatic carbocycles. The van der Waals surface area contributed by atoms with E-state index in [0.29, 0.717) is 25.0 Å². The average molecular weight is 342 g/mol. The summed E-state index contributed by atoms with van der Waals surface area (Å²) in [7, 11) is 0. The molecule has 0 saturated heterocycles. The lowest BCUT2D eigenvalue weighted by atomic mass is 9.77. The van der Waals surface area contributed by atoms with Crippen LogP contribution in [0.5, 0.6) is 0 Å². The summed E-state index contributed by atoms with van der Waals surface area (Å²) in [4.78, 5) is 25.2. The largest absolute Gasteiger partial charge is 0.466 e. The van der Waals surface area contributed by atoms with E-state index in [-0.39, 0.29) is 17.7 Å².